The van der Waals surface area contributed by atoms with Gasteiger partial charge in [-0.25, -0.2) is 4.57 Å². The number of phosphoric acid groups is 1. The van der Waals surface area contributed by atoms with Crippen LogP contribution in [0.4, 0.5) is 0 Å². The second-order valence-corrected chi connectivity index (χ2v) is 13.1. The van der Waals surface area contributed by atoms with Crippen molar-refractivity contribution in [1.82, 2.24) is 0 Å². The van der Waals surface area contributed by atoms with E-state index in [0.29, 0.717) is 25.7 Å². The van der Waals surface area contributed by atoms with Crippen LogP contribution in [0.15, 0.2) is 48.6 Å². The van der Waals surface area contributed by atoms with Gasteiger partial charge in [0.2, 0.25) is 0 Å². The van der Waals surface area contributed by atoms with E-state index in [-0.39, 0.29) is 19.4 Å². The molecule has 0 unspecified atom stereocenters. The second-order valence-electron chi connectivity index (χ2n) is 11.8. The lowest BCUT2D eigenvalue weighted by Gasteiger charge is -2.18. The molecule has 0 aromatic heterocycles. The molecule has 0 radical (unpaired) electrons. The number of hydrogen-bond donors (Lipinski definition) is 3. The van der Waals surface area contributed by atoms with Gasteiger partial charge in [-0.15, -0.1) is 0 Å². The average Bonchev–Trinajstić information content (AvgIpc) is 2.98. The number of carbonyl (C=O) groups is 2. The highest BCUT2D eigenvalue weighted by Crippen LogP contribution is 2.35. The highest BCUT2D eigenvalue weighted by molar-refractivity contribution is 7.46. The lowest BCUT2D eigenvalue weighted by molar-refractivity contribution is -0.161. The zero-order chi connectivity index (χ0) is 33.6. The van der Waals surface area contributed by atoms with Gasteiger partial charge in [0.25, 0.3) is 0 Å². The number of rotatable bonds is 29. The van der Waals surface area contributed by atoms with Crippen LogP contribution < -0.4 is 0 Å². The summed E-state index contributed by atoms with van der Waals surface area (Å²) in [5, 5.41) is 9.96. The van der Waals surface area contributed by atoms with Crippen molar-refractivity contribution >= 4 is 19.8 Å². The first-order valence-electron chi connectivity index (χ1n) is 16.9. The number of carbonyl (C=O) groups excluding carboxylic acids is 2. The Morgan fingerprint density at radius 3 is 2.13 bits per heavy atom. The van der Waals surface area contributed by atoms with Crippen molar-refractivity contribution in [1.29, 1.82) is 0 Å². The van der Waals surface area contributed by atoms with Gasteiger partial charge in [-0.05, 0) is 50.9 Å². The minimum atomic E-state index is -4.77. The maximum Gasteiger partial charge on any atom is 0.469 e. The quantitative estimate of drug-likeness (QED) is 0.0238. The minimum Gasteiger partial charge on any atom is -0.462 e. The van der Waals surface area contributed by atoms with Gasteiger partial charge in [0.05, 0.1) is 12.7 Å². The molecule has 2 atom stereocenters. The Morgan fingerprint density at radius 2 is 1.42 bits per heavy atom. The van der Waals surface area contributed by atoms with Crippen LogP contribution in [0, 0.1) is 5.92 Å². The predicted molar refractivity (Wildman–Crippen MR) is 180 cm³/mol. The van der Waals surface area contributed by atoms with Crippen LogP contribution in [0.5, 0.6) is 0 Å². The fraction of sp³-hybridized carbons (Fsp3) is 0.714. The summed E-state index contributed by atoms with van der Waals surface area (Å²) in [6.45, 7) is 5.71. The minimum absolute atomic E-state index is 0.158. The fourth-order valence-corrected chi connectivity index (χ4v) is 4.64. The normalized spacial score (nSPS) is 13.9. The molecule has 3 N–H and O–H groups in total. The number of unbranched alkanes of at least 4 members (excludes halogenated alkanes) is 9. The lowest BCUT2D eigenvalue weighted by Crippen LogP contribution is -2.29. The summed E-state index contributed by atoms with van der Waals surface area (Å²) in [6, 6.07) is 0. The maximum absolute atomic E-state index is 12.3. The smallest absolute Gasteiger partial charge is 0.462 e. The molecule has 0 saturated heterocycles. The molecule has 0 aliphatic heterocycles. The number of allylic oxidation sites excluding steroid dienone is 6. The van der Waals surface area contributed by atoms with Crippen LogP contribution in [0.25, 0.3) is 0 Å². The Balaban J connectivity index is 4.20. The first kappa shape index (κ1) is 43.0. The summed E-state index contributed by atoms with van der Waals surface area (Å²) in [6.07, 6.45) is 29.0. The number of ether oxygens (including phenoxy) is 2. The summed E-state index contributed by atoms with van der Waals surface area (Å²) >= 11 is 0. The SMILES string of the molecule is CCCCC/C=C\C[C@@H](O)/C=C/C=C\C/C=C\CCCC(=O)OC[C@H](COP(=O)(O)O)OC(=O)CCCCCCCCC(C)C. The molecule has 0 aromatic rings. The number of hydrogen-bond acceptors (Lipinski definition) is 7. The summed E-state index contributed by atoms with van der Waals surface area (Å²) in [7, 11) is -4.77. The molecule has 0 fully saturated rings. The standard InChI is InChI=1S/C35H61O9P/c1-4-5-6-7-15-20-25-32(36)26-21-16-10-8-9-11-17-22-27-34(37)42-29-33(30-43-45(39,40)41)44-35(38)28-23-18-13-12-14-19-24-31(2)3/h9-11,15-16,20-21,26,31-33,36H,4-8,12-14,17-19,22-25,27-30H2,1-3H3,(H2,39,40,41)/b11-9-,16-10-,20-15-,26-21+/t32-,33-/m1/s1. The number of phosphoric ester groups is 1. The van der Waals surface area contributed by atoms with Crippen molar-refractivity contribution < 1.29 is 43.0 Å². The summed E-state index contributed by atoms with van der Waals surface area (Å²) < 4.78 is 26.1. The molecule has 0 aliphatic carbocycles. The van der Waals surface area contributed by atoms with E-state index in [9.17, 15) is 19.3 Å². The van der Waals surface area contributed by atoms with Gasteiger partial charge in [-0.2, -0.15) is 0 Å². The van der Waals surface area contributed by atoms with Crippen LogP contribution in [0.2, 0.25) is 0 Å². The van der Waals surface area contributed by atoms with Gasteiger partial charge < -0.3 is 24.4 Å². The fourth-order valence-electron chi connectivity index (χ4n) is 4.28. The molecule has 0 rings (SSSR count). The van der Waals surface area contributed by atoms with Crippen LogP contribution in [0.1, 0.15) is 130 Å². The van der Waals surface area contributed by atoms with Crippen molar-refractivity contribution in [3.8, 4) is 0 Å². The third-order valence-corrected chi connectivity index (χ3v) is 7.34. The molecule has 0 spiro atoms. The molecule has 260 valence electrons. The molecule has 0 aliphatic rings. The number of esters is 2. The van der Waals surface area contributed by atoms with Gasteiger partial charge in [0, 0.05) is 12.8 Å². The van der Waals surface area contributed by atoms with E-state index < -0.39 is 38.6 Å². The van der Waals surface area contributed by atoms with Gasteiger partial charge >= 0.3 is 19.8 Å². The highest BCUT2D eigenvalue weighted by atomic mass is 31.2. The molecule has 9 nitrogen and oxygen atoms in total. The van der Waals surface area contributed by atoms with E-state index in [2.05, 4.69) is 31.4 Å². The first-order chi connectivity index (χ1) is 21.5. The molecule has 0 amide bonds. The van der Waals surface area contributed by atoms with E-state index in [4.69, 9.17) is 19.3 Å². The summed E-state index contributed by atoms with van der Waals surface area (Å²) in [5.41, 5.74) is 0. The van der Waals surface area contributed by atoms with Crippen LogP contribution in [-0.2, 0) is 28.2 Å². The number of aliphatic hydroxyl groups excluding tert-OH is 1. The maximum atomic E-state index is 12.3. The second kappa shape index (κ2) is 29.4. The zero-order valence-electron chi connectivity index (χ0n) is 28.0. The van der Waals surface area contributed by atoms with E-state index >= 15 is 0 Å². The van der Waals surface area contributed by atoms with E-state index in [1.807, 2.05) is 36.5 Å². The zero-order valence-corrected chi connectivity index (χ0v) is 28.9. The van der Waals surface area contributed by atoms with Gasteiger partial charge in [-0.3, -0.25) is 14.1 Å². The predicted octanol–water partition coefficient (Wildman–Crippen LogP) is 8.44. The third-order valence-electron chi connectivity index (χ3n) is 6.86. The Hall–Kier alpha value is -2.03. The Bertz CT molecular complexity index is 905. The Labute approximate surface area is 272 Å². The number of aliphatic hydroxyl groups is 1. The van der Waals surface area contributed by atoms with E-state index in [1.165, 1.54) is 38.5 Å². The van der Waals surface area contributed by atoms with Gasteiger partial charge in [0.15, 0.2) is 6.10 Å². The van der Waals surface area contributed by atoms with Crippen LogP contribution in [0.3, 0.4) is 0 Å². The topological polar surface area (TPSA) is 140 Å². The monoisotopic (exact) mass is 656 g/mol. The van der Waals surface area contributed by atoms with Crippen molar-refractivity contribution in [2.75, 3.05) is 13.2 Å². The van der Waals surface area contributed by atoms with Crippen molar-refractivity contribution in [3.63, 3.8) is 0 Å². The molecule has 45 heavy (non-hydrogen) atoms. The van der Waals surface area contributed by atoms with Gasteiger partial charge in [-0.1, -0.05) is 121 Å². The summed E-state index contributed by atoms with van der Waals surface area (Å²) in [4.78, 5) is 42.4. The first-order valence-corrected chi connectivity index (χ1v) is 18.4. The van der Waals surface area contributed by atoms with E-state index in [0.717, 1.165) is 38.0 Å². The highest BCUT2D eigenvalue weighted by Gasteiger charge is 2.22. The lowest BCUT2D eigenvalue weighted by atomic mass is 10.0. The third kappa shape index (κ3) is 33.2. The van der Waals surface area contributed by atoms with Crippen molar-refractivity contribution in [2.24, 2.45) is 5.92 Å². The van der Waals surface area contributed by atoms with Gasteiger partial charge in [0.1, 0.15) is 6.61 Å². The molecular weight excluding hydrogens is 595 g/mol. The molecule has 0 heterocycles. The summed E-state index contributed by atoms with van der Waals surface area (Å²) in [5.74, 6) is -0.283. The largest absolute Gasteiger partial charge is 0.469 e. The van der Waals surface area contributed by atoms with E-state index in [1.54, 1.807) is 6.08 Å². The molecule has 0 saturated carbocycles. The molecule has 0 aromatic carbocycles. The molecule has 0 bridgehead atoms. The van der Waals surface area contributed by atoms with Crippen molar-refractivity contribution in [2.45, 2.75) is 142 Å². The molecular formula is C35H61O9P. The Morgan fingerprint density at radius 1 is 0.756 bits per heavy atom. The van der Waals surface area contributed by atoms with Crippen LogP contribution in [-0.4, -0.2) is 52.3 Å². The Kier molecular flexibility index (Phi) is 28.1. The average molecular weight is 657 g/mol. The van der Waals surface area contributed by atoms with Crippen LogP contribution >= 0.6 is 7.82 Å². The van der Waals surface area contributed by atoms with Crippen molar-refractivity contribution in [3.05, 3.63) is 48.6 Å². The molecule has 10 heteroatoms.